The lowest BCUT2D eigenvalue weighted by atomic mass is 10.0. The Kier molecular flexibility index (Phi) is 4.21. The predicted octanol–water partition coefficient (Wildman–Crippen LogP) is 3.82. The summed E-state index contributed by atoms with van der Waals surface area (Å²) in [5.74, 6) is 0.382. The summed E-state index contributed by atoms with van der Waals surface area (Å²) in [6, 6.07) is 12.5. The third-order valence-corrected chi connectivity index (χ3v) is 3.57. The van der Waals surface area contributed by atoms with Crippen LogP contribution in [0.4, 0.5) is 0 Å². The molecule has 0 fully saturated rings. The highest BCUT2D eigenvalue weighted by atomic mass is 16.3. The van der Waals surface area contributed by atoms with E-state index in [-0.39, 0.29) is 0 Å². The molecule has 0 spiro atoms. The monoisotopic (exact) mass is 243 g/mol. The Labute approximate surface area is 109 Å². The number of phenols is 1. The van der Waals surface area contributed by atoms with Crippen LogP contribution >= 0.6 is 0 Å². The first-order valence-corrected chi connectivity index (χ1v) is 6.69. The van der Waals surface area contributed by atoms with Crippen molar-refractivity contribution in [3.63, 3.8) is 0 Å². The number of rotatable bonds is 5. The molecule has 0 amide bonds. The maximum absolute atomic E-state index is 10.0. The molecule has 0 radical (unpaired) electrons. The zero-order chi connectivity index (χ0) is 13.0. The van der Waals surface area contributed by atoms with Gasteiger partial charge in [0.05, 0.1) is 0 Å². The van der Waals surface area contributed by atoms with Gasteiger partial charge in [-0.2, -0.15) is 0 Å². The Balaban J connectivity index is 2.29. The van der Waals surface area contributed by atoms with Crippen LogP contribution in [0.2, 0.25) is 0 Å². The Hall–Kier alpha value is -1.54. The van der Waals surface area contributed by atoms with Crippen molar-refractivity contribution in [1.29, 1.82) is 0 Å². The van der Waals surface area contributed by atoms with Crippen LogP contribution < -0.4 is 5.32 Å². The fourth-order valence-electron chi connectivity index (χ4n) is 2.33. The number of nitrogens with one attached hydrogen (secondary N) is 1. The summed E-state index contributed by atoms with van der Waals surface area (Å²) in [6.45, 7) is 5.09. The Morgan fingerprint density at radius 2 is 1.78 bits per heavy atom. The van der Waals surface area contributed by atoms with E-state index in [1.807, 2.05) is 18.2 Å². The van der Waals surface area contributed by atoms with Crippen LogP contribution in [-0.2, 0) is 6.54 Å². The number of hydrogen-bond acceptors (Lipinski definition) is 2. The average molecular weight is 243 g/mol. The fourth-order valence-corrected chi connectivity index (χ4v) is 2.33. The van der Waals surface area contributed by atoms with Crippen molar-refractivity contribution in [1.82, 2.24) is 5.32 Å². The van der Waals surface area contributed by atoms with Gasteiger partial charge < -0.3 is 10.4 Å². The molecule has 2 rings (SSSR count). The lowest BCUT2D eigenvalue weighted by Crippen LogP contribution is -2.27. The van der Waals surface area contributed by atoms with E-state index in [9.17, 15) is 5.11 Å². The van der Waals surface area contributed by atoms with Crippen LogP contribution in [0.25, 0.3) is 10.8 Å². The molecule has 0 atom stereocenters. The predicted molar refractivity (Wildman–Crippen MR) is 76.8 cm³/mol. The second kappa shape index (κ2) is 5.87. The van der Waals surface area contributed by atoms with Crippen molar-refractivity contribution >= 4 is 10.8 Å². The molecule has 2 heteroatoms. The van der Waals surface area contributed by atoms with Gasteiger partial charge in [0.15, 0.2) is 0 Å². The standard InChI is InChI=1S/C16H21NO/c1-3-13(4-2)17-11-15-14-8-6-5-7-12(14)9-10-16(15)18/h5-10,13,17-18H,3-4,11H2,1-2H3. The highest BCUT2D eigenvalue weighted by Gasteiger charge is 2.08. The average Bonchev–Trinajstić information content (AvgIpc) is 2.42. The van der Waals surface area contributed by atoms with E-state index in [0.29, 0.717) is 11.8 Å². The van der Waals surface area contributed by atoms with Crippen molar-refractivity contribution in [2.24, 2.45) is 0 Å². The van der Waals surface area contributed by atoms with Gasteiger partial charge in [0.25, 0.3) is 0 Å². The second-order valence-electron chi connectivity index (χ2n) is 4.68. The Bertz CT molecular complexity index is 517. The van der Waals surface area contributed by atoms with E-state index in [1.165, 1.54) is 5.39 Å². The number of benzene rings is 2. The minimum atomic E-state index is 0.382. The molecule has 0 heterocycles. The zero-order valence-electron chi connectivity index (χ0n) is 11.1. The van der Waals surface area contributed by atoms with Crippen molar-refractivity contribution in [3.8, 4) is 5.75 Å². The molecule has 0 bridgehead atoms. The van der Waals surface area contributed by atoms with Gasteiger partial charge in [-0.15, -0.1) is 0 Å². The van der Waals surface area contributed by atoms with Gasteiger partial charge in [0, 0.05) is 18.2 Å². The molecule has 2 N–H and O–H groups in total. The number of phenolic OH excluding ortho intramolecular Hbond substituents is 1. The van der Waals surface area contributed by atoms with E-state index in [4.69, 9.17) is 0 Å². The smallest absolute Gasteiger partial charge is 0.120 e. The SMILES string of the molecule is CCC(CC)NCc1c(O)ccc2ccccc12. The highest BCUT2D eigenvalue weighted by Crippen LogP contribution is 2.27. The van der Waals surface area contributed by atoms with E-state index < -0.39 is 0 Å². The minimum Gasteiger partial charge on any atom is -0.508 e. The third-order valence-electron chi connectivity index (χ3n) is 3.57. The van der Waals surface area contributed by atoms with E-state index >= 15 is 0 Å². The molecule has 0 saturated heterocycles. The van der Waals surface area contributed by atoms with Crippen LogP contribution in [-0.4, -0.2) is 11.1 Å². The molecule has 0 aromatic heterocycles. The molecular weight excluding hydrogens is 222 g/mol. The van der Waals surface area contributed by atoms with Crippen LogP contribution in [0.5, 0.6) is 5.75 Å². The molecular formula is C16H21NO. The lowest BCUT2D eigenvalue weighted by Gasteiger charge is -2.16. The van der Waals surface area contributed by atoms with E-state index in [2.05, 4.69) is 31.3 Å². The number of fused-ring (bicyclic) bond motifs is 1. The third kappa shape index (κ3) is 2.65. The van der Waals surface area contributed by atoms with Gasteiger partial charge in [-0.25, -0.2) is 0 Å². The Morgan fingerprint density at radius 1 is 1.06 bits per heavy atom. The van der Waals surface area contributed by atoms with Crippen LogP contribution in [0, 0.1) is 0 Å². The van der Waals surface area contributed by atoms with Crippen LogP contribution in [0.3, 0.4) is 0 Å². The van der Waals surface area contributed by atoms with Gasteiger partial charge in [-0.1, -0.05) is 44.2 Å². The molecule has 0 aliphatic heterocycles. The van der Waals surface area contributed by atoms with Crippen molar-refractivity contribution < 1.29 is 5.11 Å². The van der Waals surface area contributed by atoms with Gasteiger partial charge in [0.2, 0.25) is 0 Å². The summed E-state index contributed by atoms with van der Waals surface area (Å²) in [5, 5.41) is 15.8. The minimum absolute atomic E-state index is 0.382. The molecule has 0 saturated carbocycles. The summed E-state index contributed by atoms with van der Waals surface area (Å²) in [7, 11) is 0. The molecule has 0 aliphatic carbocycles. The summed E-state index contributed by atoms with van der Waals surface area (Å²) in [6.07, 6.45) is 2.23. The van der Waals surface area contributed by atoms with Crippen molar-refractivity contribution in [3.05, 3.63) is 42.0 Å². The summed E-state index contributed by atoms with van der Waals surface area (Å²) >= 11 is 0. The molecule has 0 unspecified atom stereocenters. The van der Waals surface area contributed by atoms with Crippen LogP contribution in [0.1, 0.15) is 32.3 Å². The fraction of sp³-hybridized carbons (Fsp3) is 0.375. The van der Waals surface area contributed by atoms with Crippen molar-refractivity contribution in [2.75, 3.05) is 0 Å². The molecule has 2 nitrogen and oxygen atoms in total. The molecule has 2 aromatic rings. The summed E-state index contributed by atoms with van der Waals surface area (Å²) < 4.78 is 0. The quantitative estimate of drug-likeness (QED) is 0.836. The van der Waals surface area contributed by atoms with Gasteiger partial charge in [-0.05, 0) is 29.7 Å². The summed E-state index contributed by atoms with van der Waals surface area (Å²) in [4.78, 5) is 0. The van der Waals surface area contributed by atoms with Crippen molar-refractivity contribution in [2.45, 2.75) is 39.3 Å². The van der Waals surface area contributed by atoms with Gasteiger partial charge in [-0.3, -0.25) is 0 Å². The first kappa shape index (κ1) is 12.9. The molecule has 96 valence electrons. The molecule has 0 aliphatic rings. The normalized spacial score (nSPS) is 11.3. The Morgan fingerprint density at radius 3 is 2.50 bits per heavy atom. The van der Waals surface area contributed by atoms with Gasteiger partial charge >= 0.3 is 0 Å². The second-order valence-corrected chi connectivity index (χ2v) is 4.68. The van der Waals surface area contributed by atoms with E-state index in [1.54, 1.807) is 6.07 Å². The first-order chi connectivity index (χ1) is 8.76. The molecule has 18 heavy (non-hydrogen) atoms. The maximum Gasteiger partial charge on any atom is 0.120 e. The zero-order valence-corrected chi connectivity index (χ0v) is 11.1. The van der Waals surface area contributed by atoms with Gasteiger partial charge in [0.1, 0.15) is 5.75 Å². The lowest BCUT2D eigenvalue weighted by molar-refractivity contribution is 0.449. The topological polar surface area (TPSA) is 32.3 Å². The van der Waals surface area contributed by atoms with Crippen LogP contribution in [0.15, 0.2) is 36.4 Å². The highest BCUT2D eigenvalue weighted by molar-refractivity contribution is 5.87. The largest absolute Gasteiger partial charge is 0.508 e. The maximum atomic E-state index is 10.0. The molecule has 2 aromatic carbocycles. The number of hydrogen-bond donors (Lipinski definition) is 2. The first-order valence-electron chi connectivity index (χ1n) is 6.69. The van der Waals surface area contributed by atoms with E-state index in [0.717, 1.165) is 30.3 Å². The number of aromatic hydroxyl groups is 1. The summed E-state index contributed by atoms with van der Waals surface area (Å²) in [5.41, 5.74) is 1.00.